The Morgan fingerprint density at radius 1 is 1.29 bits per heavy atom. The first-order valence-corrected chi connectivity index (χ1v) is 4.61. The van der Waals surface area contributed by atoms with E-state index in [1.54, 1.807) is 7.11 Å². The summed E-state index contributed by atoms with van der Waals surface area (Å²) in [4.78, 5) is 11.2. The van der Waals surface area contributed by atoms with Crippen molar-refractivity contribution in [3.05, 3.63) is 0 Å². The highest BCUT2D eigenvalue weighted by atomic mass is 16.5. The summed E-state index contributed by atoms with van der Waals surface area (Å²) in [6, 6.07) is 0. The van der Waals surface area contributed by atoms with Crippen LogP contribution >= 0.6 is 0 Å². The summed E-state index contributed by atoms with van der Waals surface area (Å²) < 4.78 is 9.73. The van der Waals surface area contributed by atoms with E-state index in [1.165, 1.54) is 7.11 Å². The first-order chi connectivity index (χ1) is 6.27. The van der Waals surface area contributed by atoms with Crippen LogP contribution in [0.1, 0.15) is 27.2 Å². The van der Waals surface area contributed by atoms with E-state index in [2.05, 4.69) is 4.74 Å². The summed E-state index contributed by atoms with van der Waals surface area (Å²) in [6.07, 6.45) is 0.265. The molecule has 0 aromatic heterocycles. The van der Waals surface area contributed by atoms with Crippen molar-refractivity contribution >= 4 is 5.97 Å². The zero-order chi connectivity index (χ0) is 11.4. The standard InChI is InChI=1S/C10H21NO3/c1-9(2,11)10(3,7-13-4)6-8(12)14-5/h6-7,11H2,1-5H3. The first kappa shape index (κ1) is 13.4. The highest BCUT2D eigenvalue weighted by Gasteiger charge is 2.40. The Labute approximate surface area is 85.8 Å². The smallest absolute Gasteiger partial charge is 0.306 e. The molecule has 0 bridgehead atoms. The zero-order valence-electron chi connectivity index (χ0n) is 9.72. The molecule has 84 valence electrons. The normalized spacial score (nSPS) is 16.1. The Morgan fingerprint density at radius 2 is 1.79 bits per heavy atom. The lowest BCUT2D eigenvalue weighted by atomic mass is 9.72. The van der Waals surface area contributed by atoms with Gasteiger partial charge in [0.05, 0.1) is 20.1 Å². The Balaban J connectivity index is 4.64. The minimum atomic E-state index is -0.489. The summed E-state index contributed by atoms with van der Waals surface area (Å²) in [6.45, 7) is 6.13. The molecule has 0 fully saturated rings. The second-order valence-corrected chi connectivity index (χ2v) is 4.47. The van der Waals surface area contributed by atoms with Crippen LogP contribution in [0.15, 0.2) is 0 Å². The van der Waals surface area contributed by atoms with Gasteiger partial charge in [-0.25, -0.2) is 0 Å². The molecule has 0 amide bonds. The average Bonchev–Trinajstić information content (AvgIpc) is 2.02. The third kappa shape index (κ3) is 3.27. The van der Waals surface area contributed by atoms with Crippen LogP contribution in [0.5, 0.6) is 0 Å². The lowest BCUT2D eigenvalue weighted by molar-refractivity contribution is -0.145. The third-order valence-corrected chi connectivity index (χ3v) is 2.78. The quantitative estimate of drug-likeness (QED) is 0.675. The van der Waals surface area contributed by atoms with Gasteiger partial charge < -0.3 is 15.2 Å². The highest BCUT2D eigenvalue weighted by molar-refractivity contribution is 5.70. The second kappa shape index (κ2) is 4.75. The van der Waals surface area contributed by atoms with Crippen LogP contribution in [0.3, 0.4) is 0 Å². The van der Waals surface area contributed by atoms with E-state index in [0.717, 1.165) is 0 Å². The lowest BCUT2D eigenvalue weighted by Gasteiger charge is -2.40. The van der Waals surface area contributed by atoms with Gasteiger partial charge in [-0.3, -0.25) is 4.79 Å². The molecule has 0 aliphatic carbocycles. The molecular formula is C10H21NO3. The van der Waals surface area contributed by atoms with Gasteiger partial charge in [-0.2, -0.15) is 0 Å². The summed E-state index contributed by atoms with van der Waals surface area (Å²) >= 11 is 0. The average molecular weight is 203 g/mol. The minimum Gasteiger partial charge on any atom is -0.469 e. The van der Waals surface area contributed by atoms with Gasteiger partial charge in [0.15, 0.2) is 0 Å². The van der Waals surface area contributed by atoms with Crippen LogP contribution in [-0.4, -0.2) is 32.3 Å². The second-order valence-electron chi connectivity index (χ2n) is 4.47. The van der Waals surface area contributed by atoms with Gasteiger partial charge >= 0.3 is 5.97 Å². The number of rotatable bonds is 5. The van der Waals surface area contributed by atoms with Crippen molar-refractivity contribution in [2.75, 3.05) is 20.8 Å². The van der Waals surface area contributed by atoms with Crippen molar-refractivity contribution in [3.8, 4) is 0 Å². The molecular weight excluding hydrogens is 182 g/mol. The van der Waals surface area contributed by atoms with Crippen molar-refractivity contribution < 1.29 is 14.3 Å². The van der Waals surface area contributed by atoms with E-state index in [-0.39, 0.29) is 12.4 Å². The molecule has 1 atom stereocenters. The topological polar surface area (TPSA) is 61.5 Å². The summed E-state index contributed by atoms with van der Waals surface area (Å²) in [7, 11) is 2.97. The van der Waals surface area contributed by atoms with Crippen LogP contribution in [0.4, 0.5) is 0 Å². The van der Waals surface area contributed by atoms with Crippen molar-refractivity contribution in [2.45, 2.75) is 32.7 Å². The van der Waals surface area contributed by atoms with E-state index in [4.69, 9.17) is 10.5 Å². The van der Waals surface area contributed by atoms with Gasteiger partial charge in [-0.05, 0) is 13.8 Å². The highest BCUT2D eigenvalue weighted by Crippen LogP contribution is 2.33. The van der Waals surface area contributed by atoms with Gasteiger partial charge in [0.2, 0.25) is 0 Å². The SMILES string of the molecule is COCC(C)(CC(=O)OC)C(C)(C)N. The summed E-state index contributed by atoms with van der Waals surface area (Å²) in [5.41, 5.74) is 5.12. The minimum absolute atomic E-state index is 0.261. The number of hydrogen-bond acceptors (Lipinski definition) is 4. The summed E-state index contributed by atoms with van der Waals surface area (Å²) in [5, 5.41) is 0. The zero-order valence-corrected chi connectivity index (χ0v) is 9.72. The number of carbonyl (C=O) groups is 1. The number of nitrogens with two attached hydrogens (primary N) is 1. The molecule has 14 heavy (non-hydrogen) atoms. The van der Waals surface area contributed by atoms with Crippen LogP contribution in [0, 0.1) is 5.41 Å². The van der Waals surface area contributed by atoms with E-state index in [0.29, 0.717) is 6.61 Å². The largest absolute Gasteiger partial charge is 0.469 e. The monoisotopic (exact) mass is 203 g/mol. The Morgan fingerprint density at radius 3 is 2.07 bits per heavy atom. The Kier molecular flexibility index (Phi) is 4.55. The van der Waals surface area contributed by atoms with E-state index >= 15 is 0 Å². The number of esters is 1. The Hall–Kier alpha value is -0.610. The number of ether oxygens (including phenoxy) is 2. The van der Waals surface area contributed by atoms with Crippen molar-refractivity contribution in [1.29, 1.82) is 0 Å². The summed E-state index contributed by atoms with van der Waals surface area (Å²) in [5.74, 6) is -0.261. The maximum atomic E-state index is 11.2. The number of hydrogen-bond donors (Lipinski definition) is 1. The van der Waals surface area contributed by atoms with Crippen LogP contribution in [-0.2, 0) is 14.3 Å². The molecule has 0 aliphatic rings. The Bertz CT molecular complexity index is 198. The fourth-order valence-electron chi connectivity index (χ4n) is 1.17. The maximum Gasteiger partial charge on any atom is 0.306 e. The van der Waals surface area contributed by atoms with Crippen molar-refractivity contribution in [2.24, 2.45) is 11.1 Å². The molecule has 0 radical (unpaired) electrons. The predicted molar refractivity (Wildman–Crippen MR) is 54.9 cm³/mol. The third-order valence-electron chi connectivity index (χ3n) is 2.78. The first-order valence-electron chi connectivity index (χ1n) is 4.61. The molecule has 0 saturated heterocycles. The molecule has 0 spiro atoms. The molecule has 2 N–H and O–H groups in total. The van der Waals surface area contributed by atoms with Crippen molar-refractivity contribution in [3.63, 3.8) is 0 Å². The predicted octanol–water partition coefficient (Wildman–Crippen LogP) is 0.940. The number of carbonyl (C=O) groups excluding carboxylic acids is 1. The molecule has 4 nitrogen and oxygen atoms in total. The van der Waals surface area contributed by atoms with Crippen LogP contribution in [0.25, 0.3) is 0 Å². The van der Waals surface area contributed by atoms with Gasteiger partial charge in [0.1, 0.15) is 0 Å². The van der Waals surface area contributed by atoms with Gasteiger partial charge in [0.25, 0.3) is 0 Å². The molecule has 0 aromatic carbocycles. The molecule has 4 heteroatoms. The van der Waals surface area contributed by atoms with E-state index in [9.17, 15) is 4.79 Å². The lowest BCUT2D eigenvalue weighted by Crippen LogP contribution is -2.52. The molecule has 0 aromatic rings. The van der Waals surface area contributed by atoms with Gasteiger partial charge in [-0.1, -0.05) is 6.92 Å². The van der Waals surface area contributed by atoms with Crippen LogP contribution in [0.2, 0.25) is 0 Å². The van der Waals surface area contributed by atoms with Gasteiger partial charge in [0, 0.05) is 18.1 Å². The van der Waals surface area contributed by atoms with E-state index < -0.39 is 11.0 Å². The number of methoxy groups -OCH3 is 2. The van der Waals surface area contributed by atoms with Crippen LogP contribution < -0.4 is 5.73 Å². The van der Waals surface area contributed by atoms with Crippen molar-refractivity contribution in [1.82, 2.24) is 0 Å². The molecule has 0 rings (SSSR count). The molecule has 1 unspecified atom stereocenters. The molecule has 0 heterocycles. The fourth-order valence-corrected chi connectivity index (χ4v) is 1.17. The molecule has 0 saturated carbocycles. The van der Waals surface area contributed by atoms with Gasteiger partial charge in [-0.15, -0.1) is 0 Å². The molecule has 0 aliphatic heterocycles. The van der Waals surface area contributed by atoms with E-state index in [1.807, 2.05) is 20.8 Å². The maximum absolute atomic E-state index is 11.2. The fraction of sp³-hybridized carbons (Fsp3) is 0.900.